The van der Waals surface area contributed by atoms with Crippen LogP contribution in [0.25, 0.3) is 11.0 Å². The lowest BCUT2D eigenvalue weighted by Gasteiger charge is -2.27. The fraction of sp³-hybridized carbons (Fsp3) is 0.269. The first kappa shape index (κ1) is 23.9. The molecule has 2 heterocycles. The number of ether oxygens (including phenoxy) is 1. The quantitative estimate of drug-likeness (QED) is 0.240. The topological polar surface area (TPSA) is 123 Å². The van der Waals surface area contributed by atoms with E-state index in [2.05, 4.69) is 5.32 Å². The van der Waals surface area contributed by atoms with Crippen LogP contribution in [0.1, 0.15) is 58.3 Å². The van der Waals surface area contributed by atoms with Gasteiger partial charge in [0, 0.05) is 18.0 Å². The van der Waals surface area contributed by atoms with Gasteiger partial charge in [-0.3, -0.25) is 19.3 Å². The van der Waals surface area contributed by atoms with Gasteiger partial charge in [0.1, 0.15) is 22.9 Å². The van der Waals surface area contributed by atoms with Gasteiger partial charge < -0.3 is 14.5 Å². The number of carbonyl (C=O) groups excluding carboxylic acids is 4. The van der Waals surface area contributed by atoms with E-state index in [4.69, 9.17) is 9.15 Å². The van der Waals surface area contributed by atoms with Gasteiger partial charge in [-0.05, 0) is 42.7 Å². The van der Waals surface area contributed by atoms with Gasteiger partial charge in [-0.15, -0.1) is 0 Å². The molecule has 35 heavy (non-hydrogen) atoms. The number of fused-ring (bicyclic) bond motifs is 2. The zero-order chi connectivity index (χ0) is 25.3. The first-order chi connectivity index (χ1) is 16.7. The van der Waals surface area contributed by atoms with Crippen molar-refractivity contribution >= 4 is 34.7 Å². The van der Waals surface area contributed by atoms with E-state index in [9.17, 15) is 24.0 Å². The molecule has 1 N–H and O–H groups in total. The number of imide groups is 1. The molecule has 1 aromatic heterocycles. The zero-order valence-electron chi connectivity index (χ0n) is 19.5. The second-order valence-electron chi connectivity index (χ2n) is 8.54. The van der Waals surface area contributed by atoms with Crippen molar-refractivity contribution < 1.29 is 28.3 Å². The summed E-state index contributed by atoms with van der Waals surface area (Å²) < 4.78 is 10.8. The minimum absolute atomic E-state index is 0.0658. The molecule has 1 aliphatic rings. The number of nitrogens with zero attached hydrogens (tertiary/aromatic N) is 1. The maximum atomic E-state index is 13.1. The number of rotatable bonds is 7. The summed E-state index contributed by atoms with van der Waals surface area (Å²) in [5.74, 6) is -2.80. The molecule has 3 aromatic rings. The molecule has 0 saturated carbocycles. The molecule has 0 bridgehead atoms. The maximum Gasteiger partial charge on any atom is 0.349 e. The van der Waals surface area contributed by atoms with Crippen molar-refractivity contribution in [1.29, 1.82) is 0 Å². The Hall–Kier alpha value is -4.27. The number of hydrogen-bond donors (Lipinski definition) is 1. The number of hydrogen-bond acceptors (Lipinski definition) is 7. The molecule has 0 radical (unpaired) electrons. The van der Waals surface area contributed by atoms with Crippen LogP contribution in [0.15, 0.2) is 57.7 Å². The standard InChI is InChI=1S/C26H24N2O7/c1-4-11-27-22(29)19-12-15-9-10-16(13-20(15)35-25(19)32)34-26(33)21(14(2)3)28-23(30)17-7-5-6-8-18(17)24(28)31/h5-10,12-14,21H,4,11H2,1-3H3,(H,27,29). The highest BCUT2D eigenvalue weighted by atomic mass is 16.5. The SMILES string of the molecule is CCCNC(=O)c1cc2ccc(OC(=O)C(C(C)C)N3C(=O)c4ccccc4C3=O)cc2oc1=O. The van der Waals surface area contributed by atoms with E-state index in [1.807, 2.05) is 6.92 Å². The Morgan fingerprint density at radius 3 is 2.26 bits per heavy atom. The molecule has 1 unspecified atom stereocenters. The highest BCUT2D eigenvalue weighted by molar-refractivity contribution is 6.22. The molecular weight excluding hydrogens is 452 g/mol. The number of amides is 3. The monoisotopic (exact) mass is 476 g/mol. The van der Waals surface area contributed by atoms with Gasteiger partial charge in [-0.25, -0.2) is 9.59 Å². The van der Waals surface area contributed by atoms with Crippen LogP contribution >= 0.6 is 0 Å². The van der Waals surface area contributed by atoms with Gasteiger partial charge >= 0.3 is 11.6 Å². The number of nitrogens with one attached hydrogen (secondary N) is 1. The van der Waals surface area contributed by atoms with Crippen LogP contribution in [-0.2, 0) is 4.79 Å². The summed E-state index contributed by atoms with van der Waals surface area (Å²) in [6, 6.07) is 11.0. The van der Waals surface area contributed by atoms with Crippen LogP contribution in [-0.4, -0.2) is 41.2 Å². The minimum Gasteiger partial charge on any atom is -0.425 e. The van der Waals surface area contributed by atoms with Crippen molar-refractivity contribution in [2.24, 2.45) is 5.92 Å². The lowest BCUT2D eigenvalue weighted by molar-refractivity contribution is -0.140. The molecule has 9 nitrogen and oxygen atoms in total. The Morgan fingerprint density at radius 1 is 1.00 bits per heavy atom. The number of benzene rings is 2. The average molecular weight is 476 g/mol. The van der Waals surface area contributed by atoms with Crippen LogP contribution in [0.4, 0.5) is 0 Å². The van der Waals surface area contributed by atoms with Gasteiger partial charge in [0.15, 0.2) is 0 Å². The van der Waals surface area contributed by atoms with Crippen molar-refractivity contribution in [2.75, 3.05) is 6.54 Å². The predicted molar refractivity (Wildman–Crippen MR) is 126 cm³/mol. The smallest absolute Gasteiger partial charge is 0.349 e. The first-order valence-corrected chi connectivity index (χ1v) is 11.3. The van der Waals surface area contributed by atoms with E-state index in [-0.39, 0.29) is 28.0 Å². The van der Waals surface area contributed by atoms with Crippen LogP contribution in [0.5, 0.6) is 5.75 Å². The lowest BCUT2D eigenvalue weighted by Crippen LogP contribution is -2.49. The fourth-order valence-electron chi connectivity index (χ4n) is 3.96. The molecule has 4 rings (SSSR count). The molecule has 2 aromatic carbocycles. The first-order valence-electron chi connectivity index (χ1n) is 11.3. The van der Waals surface area contributed by atoms with Gasteiger partial charge in [0.05, 0.1) is 11.1 Å². The van der Waals surface area contributed by atoms with Crippen molar-refractivity contribution in [3.8, 4) is 5.75 Å². The predicted octanol–water partition coefficient (Wildman–Crippen LogP) is 3.16. The zero-order valence-corrected chi connectivity index (χ0v) is 19.5. The molecule has 0 saturated heterocycles. The fourth-order valence-corrected chi connectivity index (χ4v) is 3.96. The summed E-state index contributed by atoms with van der Waals surface area (Å²) >= 11 is 0. The second-order valence-corrected chi connectivity index (χ2v) is 8.54. The summed E-state index contributed by atoms with van der Waals surface area (Å²) in [5.41, 5.74) is -0.347. The Bertz CT molecular complexity index is 1370. The summed E-state index contributed by atoms with van der Waals surface area (Å²) in [4.78, 5) is 64.3. The van der Waals surface area contributed by atoms with Crippen molar-refractivity contribution in [2.45, 2.75) is 33.2 Å². The molecule has 1 atom stereocenters. The largest absolute Gasteiger partial charge is 0.425 e. The van der Waals surface area contributed by atoms with Crippen molar-refractivity contribution in [3.63, 3.8) is 0 Å². The van der Waals surface area contributed by atoms with Gasteiger partial charge in [0.2, 0.25) is 0 Å². The molecule has 1 aliphatic heterocycles. The summed E-state index contributed by atoms with van der Waals surface area (Å²) in [6.45, 7) is 5.74. The molecule has 0 fully saturated rings. The van der Waals surface area contributed by atoms with E-state index in [0.29, 0.717) is 11.9 Å². The van der Waals surface area contributed by atoms with E-state index < -0.39 is 41.3 Å². The van der Waals surface area contributed by atoms with E-state index >= 15 is 0 Å². The van der Waals surface area contributed by atoms with Gasteiger partial charge in [0.25, 0.3) is 17.7 Å². The number of esters is 1. The van der Waals surface area contributed by atoms with Gasteiger partial charge in [-0.1, -0.05) is 32.9 Å². The Kier molecular flexibility index (Phi) is 6.50. The second kappa shape index (κ2) is 9.54. The van der Waals surface area contributed by atoms with E-state index in [1.54, 1.807) is 44.2 Å². The van der Waals surface area contributed by atoms with Gasteiger partial charge in [-0.2, -0.15) is 0 Å². The maximum absolute atomic E-state index is 13.1. The van der Waals surface area contributed by atoms with E-state index in [0.717, 1.165) is 11.3 Å². The minimum atomic E-state index is -1.16. The molecule has 180 valence electrons. The summed E-state index contributed by atoms with van der Waals surface area (Å²) in [6.07, 6.45) is 0.720. The third kappa shape index (κ3) is 4.44. The van der Waals surface area contributed by atoms with Crippen LogP contribution in [0, 0.1) is 5.92 Å². The number of carbonyl (C=O) groups is 4. The van der Waals surface area contributed by atoms with Crippen LogP contribution < -0.4 is 15.7 Å². The third-order valence-corrected chi connectivity index (χ3v) is 5.68. The average Bonchev–Trinajstić information content (AvgIpc) is 3.07. The highest BCUT2D eigenvalue weighted by Gasteiger charge is 2.44. The molecular formula is C26H24N2O7. The Balaban J connectivity index is 1.59. The third-order valence-electron chi connectivity index (χ3n) is 5.68. The van der Waals surface area contributed by atoms with Crippen LogP contribution in [0.3, 0.4) is 0 Å². The van der Waals surface area contributed by atoms with Crippen molar-refractivity contribution in [1.82, 2.24) is 10.2 Å². The molecule has 9 heteroatoms. The highest BCUT2D eigenvalue weighted by Crippen LogP contribution is 2.29. The Labute approximate surface area is 200 Å². The van der Waals surface area contributed by atoms with Crippen LogP contribution in [0.2, 0.25) is 0 Å². The Morgan fingerprint density at radius 2 is 1.66 bits per heavy atom. The molecule has 3 amide bonds. The van der Waals surface area contributed by atoms with Crippen molar-refractivity contribution in [3.05, 3.63) is 75.6 Å². The summed E-state index contributed by atoms with van der Waals surface area (Å²) in [7, 11) is 0. The molecule has 0 spiro atoms. The summed E-state index contributed by atoms with van der Waals surface area (Å²) in [5, 5.41) is 3.09. The normalized spacial score (nSPS) is 13.8. The molecule has 0 aliphatic carbocycles. The van der Waals surface area contributed by atoms with E-state index in [1.165, 1.54) is 18.2 Å². The lowest BCUT2D eigenvalue weighted by atomic mass is 10.0.